The van der Waals surface area contributed by atoms with Gasteiger partial charge in [0.2, 0.25) is 0 Å². The van der Waals surface area contributed by atoms with Crippen LogP contribution in [0, 0.1) is 0 Å². The monoisotopic (exact) mass is 277 g/mol. The number of H-pyrrole nitrogens is 1. The summed E-state index contributed by atoms with van der Waals surface area (Å²) in [5.41, 5.74) is 8.37. The van der Waals surface area contributed by atoms with Crippen LogP contribution in [0.2, 0.25) is 0 Å². The Morgan fingerprint density at radius 2 is 1.95 bits per heavy atom. The van der Waals surface area contributed by atoms with Gasteiger partial charge in [0.05, 0.1) is 11.6 Å². The van der Waals surface area contributed by atoms with Gasteiger partial charge < -0.3 is 5.73 Å². The molecule has 0 fully saturated rings. The molecule has 3 aromatic heterocycles. The van der Waals surface area contributed by atoms with Crippen molar-refractivity contribution in [3.63, 3.8) is 0 Å². The number of nitrogens with one attached hydrogen (secondary N) is 1. The maximum absolute atomic E-state index is 6.00. The number of hydrogen-bond donors (Lipinski definition) is 2. The van der Waals surface area contributed by atoms with Crippen LogP contribution in [0.5, 0.6) is 0 Å². The molecule has 0 aliphatic rings. The van der Waals surface area contributed by atoms with Gasteiger partial charge in [-0.15, -0.1) is 0 Å². The molecule has 0 radical (unpaired) electrons. The fourth-order valence-electron chi connectivity index (χ4n) is 2.29. The molecule has 0 saturated heterocycles. The van der Waals surface area contributed by atoms with Gasteiger partial charge in [0.15, 0.2) is 11.5 Å². The Bertz CT molecular complexity index is 893. The van der Waals surface area contributed by atoms with Crippen molar-refractivity contribution in [3.05, 3.63) is 48.9 Å². The molecule has 0 unspecified atom stereocenters. The van der Waals surface area contributed by atoms with Gasteiger partial charge in [-0.25, -0.2) is 4.98 Å². The van der Waals surface area contributed by atoms with E-state index in [0.29, 0.717) is 17.3 Å². The number of fused-ring (bicyclic) bond motifs is 1. The zero-order valence-corrected chi connectivity index (χ0v) is 10.9. The highest BCUT2D eigenvalue weighted by molar-refractivity contribution is 5.99. The summed E-state index contributed by atoms with van der Waals surface area (Å²) >= 11 is 0. The Balaban J connectivity index is 2.03. The maximum atomic E-state index is 6.00. The van der Waals surface area contributed by atoms with E-state index in [-0.39, 0.29) is 0 Å². The maximum Gasteiger partial charge on any atom is 0.189 e. The normalized spacial score (nSPS) is 11.0. The zero-order valence-electron chi connectivity index (χ0n) is 10.9. The third-order valence-corrected chi connectivity index (χ3v) is 3.23. The molecule has 102 valence electrons. The summed E-state index contributed by atoms with van der Waals surface area (Å²) in [5, 5.41) is 12.4. The van der Waals surface area contributed by atoms with Crippen molar-refractivity contribution < 1.29 is 0 Å². The summed E-state index contributed by atoms with van der Waals surface area (Å²) in [4.78, 5) is 8.32. The Kier molecular flexibility index (Phi) is 2.43. The second kappa shape index (κ2) is 4.41. The first kappa shape index (κ1) is 11.6. The van der Waals surface area contributed by atoms with Crippen LogP contribution < -0.4 is 5.73 Å². The fourth-order valence-corrected chi connectivity index (χ4v) is 2.29. The van der Waals surface area contributed by atoms with Gasteiger partial charge >= 0.3 is 0 Å². The lowest BCUT2D eigenvalue weighted by Gasteiger charge is -1.99. The van der Waals surface area contributed by atoms with Crippen LogP contribution in [0.25, 0.3) is 28.1 Å². The first-order chi connectivity index (χ1) is 10.3. The highest BCUT2D eigenvalue weighted by Crippen LogP contribution is 2.31. The van der Waals surface area contributed by atoms with E-state index in [0.717, 1.165) is 16.6 Å². The molecular weight excluding hydrogens is 266 g/mol. The quantitative estimate of drug-likeness (QED) is 0.582. The number of nitrogen functional groups attached to an aromatic ring is 1. The molecule has 4 aromatic rings. The van der Waals surface area contributed by atoms with Crippen LogP contribution in [0.1, 0.15) is 0 Å². The van der Waals surface area contributed by atoms with Crippen LogP contribution in [0.15, 0.2) is 48.9 Å². The number of nitrogens with zero attached hydrogens (tertiary/aromatic N) is 5. The van der Waals surface area contributed by atoms with Crippen molar-refractivity contribution >= 4 is 16.9 Å². The predicted molar refractivity (Wildman–Crippen MR) is 78.7 cm³/mol. The lowest BCUT2D eigenvalue weighted by Crippen LogP contribution is -2.00. The van der Waals surface area contributed by atoms with Crippen molar-refractivity contribution in [2.75, 3.05) is 5.73 Å². The number of anilines is 1. The van der Waals surface area contributed by atoms with E-state index in [2.05, 4.69) is 25.3 Å². The van der Waals surface area contributed by atoms with E-state index in [1.165, 1.54) is 0 Å². The standard InChI is InChI=1S/C14H11N7/c15-13-11-12(9-4-2-1-3-5-9)20-21(14(11)19-18-13)10-8-16-6-7-17-10/h1-8H,(H3,15,18,19). The van der Waals surface area contributed by atoms with Gasteiger partial charge in [-0.2, -0.15) is 14.9 Å². The Morgan fingerprint density at radius 3 is 2.71 bits per heavy atom. The van der Waals surface area contributed by atoms with E-state index in [1.54, 1.807) is 23.3 Å². The van der Waals surface area contributed by atoms with Crippen LogP contribution in [-0.2, 0) is 0 Å². The molecule has 1 aromatic carbocycles. The average molecular weight is 277 g/mol. The van der Waals surface area contributed by atoms with E-state index in [1.807, 2.05) is 30.3 Å². The Hall–Kier alpha value is -3.22. The van der Waals surface area contributed by atoms with Crippen LogP contribution in [0.4, 0.5) is 5.82 Å². The first-order valence-corrected chi connectivity index (χ1v) is 6.39. The number of benzene rings is 1. The number of aromatic nitrogens is 6. The van der Waals surface area contributed by atoms with Crippen molar-refractivity contribution in [1.29, 1.82) is 0 Å². The second-order valence-corrected chi connectivity index (χ2v) is 4.53. The van der Waals surface area contributed by atoms with Gasteiger partial charge in [0.25, 0.3) is 0 Å². The number of aromatic amines is 1. The van der Waals surface area contributed by atoms with Crippen molar-refractivity contribution in [2.24, 2.45) is 0 Å². The molecule has 4 rings (SSSR count). The third-order valence-electron chi connectivity index (χ3n) is 3.23. The molecule has 7 nitrogen and oxygen atoms in total. The van der Waals surface area contributed by atoms with Gasteiger partial charge in [-0.1, -0.05) is 30.3 Å². The van der Waals surface area contributed by atoms with E-state index < -0.39 is 0 Å². The van der Waals surface area contributed by atoms with Crippen molar-refractivity contribution in [2.45, 2.75) is 0 Å². The van der Waals surface area contributed by atoms with Gasteiger partial charge in [0, 0.05) is 18.0 Å². The predicted octanol–water partition coefficient (Wildman–Crippen LogP) is 1.79. The molecule has 0 aliphatic heterocycles. The van der Waals surface area contributed by atoms with Gasteiger partial charge in [-0.05, 0) is 0 Å². The minimum Gasteiger partial charge on any atom is -0.383 e. The molecule has 0 saturated carbocycles. The largest absolute Gasteiger partial charge is 0.383 e. The summed E-state index contributed by atoms with van der Waals surface area (Å²) in [6.45, 7) is 0. The van der Waals surface area contributed by atoms with Crippen molar-refractivity contribution in [3.8, 4) is 17.1 Å². The molecule has 7 heteroatoms. The lowest BCUT2D eigenvalue weighted by molar-refractivity contribution is 0.847. The molecule has 3 N–H and O–H groups in total. The molecule has 0 atom stereocenters. The number of hydrogen-bond acceptors (Lipinski definition) is 5. The number of nitrogens with two attached hydrogens (primary N) is 1. The molecule has 0 bridgehead atoms. The van der Waals surface area contributed by atoms with Crippen LogP contribution >= 0.6 is 0 Å². The minimum atomic E-state index is 0.485. The summed E-state index contributed by atoms with van der Waals surface area (Å²) < 4.78 is 1.64. The highest BCUT2D eigenvalue weighted by Gasteiger charge is 2.19. The molecule has 0 spiro atoms. The van der Waals surface area contributed by atoms with Crippen LogP contribution in [-0.4, -0.2) is 29.9 Å². The molecule has 0 amide bonds. The average Bonchev–Trinajstić information content (AvgIpc) is 3.10. The Morgan fingerprint density at radius 1 is 1.10 bits per heavy atom. The first-order valence-electron chi connectivity index (χ1n) is 6.39. The highest BCUT2D eigenvalue weighted by atomic mass is 15.4. The Labute approximate surface area is 119 Å². The SMILES string of the molecule is Nc1[nH]nc2c1c(-c1ccccc1)nn2-c1cnccn1. The van der Waals surface area contributed by atoms with Gasteiger partial charge in [0.1, 0.15) is 11.5 Å². The van der Waals surface area contributed by atoms with Crippen molar-refractivity contribution in [1.82, 2.24) is 29.9 Å². The van der Waals surface area contributed by atoms with Crippen LogP contribution in [0.3, 0.4) is 0 Å². The summed E-state index contributed by atoms with van der Waals surface area (Å²) in [6.07, 6.45) is 4.86. The topological polar surface area (TPSA) is 98.3 Å². The van der Waals surface area contributed by atoms with E-state index in [4.69, 9.17) is 5.73 Å². The summed E-state index contributed by atoms with van der Waals surface area (Å²) in [7, 11) is 0. The second-order valence-electron chi connectivity index (χ2n) is 4.53. The fraction of sp³-hybridized carbons (Fsp3) is 0. The van der Waals surface area contributed by atoms with E-state index >= 15 is 0 Å². The molecule has 3 heterocycles. The molecule has 21 heavy (non-hydrogen) atoms. The van der Waals surface area contributed by atoms with Gasteiger partial charge in [-0.3, -0.25) is 10.1 Å². The smallest absolute Gasteiger partial charge is 0.189 e. The number of rotatable bonds is 2. The molecule has 0 aliphatic carbocycles. The summed E-state index contributed by atoms with van der Waals surface area (Å²) in [6, 6.07) is 9.83. The van der Waals surface area contributed by atoms with E-state index in [9.17, 15) is 0 Å². The summed E-state index contributed by atoms with van der Waals surface area (Å²) in [5.74, 6) is 1.08. The zero-order chi connectivity index (χ0) is 14.2. The minimum absolute atomic E-state index is 0.485. The third kappa shape index (κ3) is 1.75. The molecular formula is C14H11N7. The lowest BCUT2D eigenvalue weighted by atomic mass is 10.1.